The molecule has 2 rings (SSSR count). The quantitative estimate of drug-likeness (QED) is 0.810. The van der Waals surface area contributed by atoms with Crippen LogP contribution in [-0.2, 0) is 4.74 Å². The number of carbonyl (C=O) groups excluding carboxylic acids is 1. The molecule has 0 bridgehead atoms. The molecule has 104 valence electrons. The van der Waals surface area contributed by atoms with Gasteiger partial charge in [-0.25, -0.2) is 4.79 Å². The molecule has 4 nitrogen and oxygen atoms in total. The first-order chi connectivity index (χ1) is 9.56. The molecule has 0 amide bonds. The van der Waals surface area contributed by atoms with E-state index in [1.165, 1.54) is 10.6 Å². The van der Waals surface area contributed by atoms with Crippen molar-refractivity contribution in [1.29, 1.82) is 0 Å². The molecule has 0 saturated carbocycles. The van der Waals surface area contributed by atoms with Gasteiger partial charge in [0.05, 0.1) is 6.61 Å². The van der Waals surface area contributed by atoms with Gasteiger partial charge in [0, 0.05) is 15.9 Å². The SMILES string of the molecule is CCOC(=O)c1cc(Br)c(C)n(-c2ccccc2)c1=O. The molecule has 2 aromatic rings. The molecule has 0 saturated heterocycles. The lowest BCUT2D eigenvalue weighted by Gasteiger charge is -2.13. The fourth-order valence-electron chi connectivity index (χ4n) is 1.92. The van der Waals surface area contributed by atoms with Gasteiger partial charge in [-0.05, 0) is 48.0 Å². The summed E-state index contributed by atoms with van der Waals surface area (Å²) < 4.78 is 7.10. The van der Waals surface area contributed by atoms with Gasteiger partial charge >= 0.3 is 5.97 Å². The number of pyridine rings is 1. The molecule has 0 N–H and O–H groups in total. The van der Waals surface area contributed by atoms with E-state index in [0.717, 1.165) is 5.69 Å². The molecule has 0 fully saturated rings. The Morgan fingerprint density at radius 2 is 1.95 bits per heavy atom. The number of halogens is 1. The van der Waals surface area contributed by atoms with E-state index in [2.05, 4.69) is 15.9 Å². The van der Waals surface area contributed by atoms with Crippen LogP contribution in [0.2, 0.25) is 0 Å². The van der Waals surface area contributed by atoms with Gasteiger partial charge < -0.3 is 4.74 Å². The first-order valence-electron chi connectivity index (χ1n) is 6.21. The van der Waals surface area contributed by atoms with Crippen LogP contribution in [0.1, 0.15) is 23.0 Å². The molecular formula is C15H14BrNO3. The third-order valence-electron chi connectivity index (χ3n) is 2.90. The maximum Gasteiger partial charge on any atom is 0.343 e. The lowest BCUT2D eigenvalue weighted by atomic mass is 10.2. The molecule has 1 heterocycles. The van der Waals surface area contributed by atoms with Crippen molar-refractivity contribution in [3.8, 4) is 5.69 Å². The van der Waals surface area contributed by atoms with Crippen molar-refractivity contribution < 1.29 is 9.53 Å². The minimum absolute atomic E-state index is 0.0215. The lowest BCUT2D eigenvalue weighted by molar-refractivity contribution is 0.0523. The monoisotopic (exact) mass is 335 g/mol. The number of carbonyl (C=O) groups is 1. The van der Waals surface area contributed by atoms with E-state index in [9.17, 15) is 9.59 Å². The summed E-state index contributed by atoms with van der Waals surface area (Å²) in [4.78, 5) is 24.4. The number of esters is 1. The second-order valence-electron chi connectivity index (χ2n) is 4.19. The van der Waals surface area contributed by atoms with Crippen molar-refractivity contribution in [3.05, 3.63) is 62.5 Å². The van der Waals surface area contributed by atoms with Crippen LogP contribution in [-0.4, -0.2) is 17.1 Å². The van der Waals surface area contributed by atoms with Gasteiger partial charge in [0.2, 0.25) is 0 Å². The average molecular weight is 336 g/mol. The zero-order valence-electron chi connectivity index (χ0n) is 11.2. The molecule has 0 aliphatic carbocycles. The van der Waals surface area contributed by atoms with Crippen LogP contribution in [0.25, 0.3) is 5.69 Å². The number of hydrogen-bond acceptors (Lipinski definition) is 3. The van der Waals surface area contributed by atoms with Gasteiger partial charge in [-0.2, -0.15) is 0 Å². The number of ether oxygens (including phenoxy) is 1. The normalized spacial score (nSPS) is 10.3. The summed E-state index contributed by atoms with van der Waals surface area (Å²) in [6.07, 6.45) is 0. The highest BCUT2D eigenvalue weighted by Crippen LogP contribution is 2.19. The van der Waals surface area contributed by atoms with Crippen molar-refractivity contribution in [3.63, 3.8) is 0 Å². The van der Waals surface area contributed by atoms with Crippen LogP contribution in [0.5, 0.6) is 0 Å². The van der Waals surface area contributed by atoms with Crippen molar-refractivity contribution >= 4 is 21.9 Å². The number of nitrogens with zero attached hydrogens (tertiary/aromatic N) is 1. The van der Waals surface area contributed by atoms with E-state index in [1.807, 2.05) is 37.3 Å². The van der Waals surface area contributed by atoms with E-state index in [1.54, 1.807) is 6.92 Å². The summed E-state index contributed by atoms with van der Waals surface area (Å²) in [5.41, 5.74) is 1.08. The third-order valence-corrected chi connectivity index (χ3v) is 3.70. The Morgan fingerprint density at radius 3 is 2.55 bits per heavy atom. The molecule has 5 heteroatoms. The first kappa shape index (κ1) is 14.5. The largest absolute Gasteiger partial charge is 0.462 e. The van der Waals surface area contributed by atoms with Gasteiger partial charge in [-0.3, -0.25) is 9.36 Å². The average Bonchev–Trinajstić information content (AvgIpc) is 2.44. The van der Waals surface area contributed by atoms with Crippen molar-refractivity contribution in [1.82, 2.24) is 4.57 Å². The summed E-state index contributed by atoms with van der Waals surface area (Å²) >= 11 is 3.38. The Hall–Kier alpha value is -1.88. The first-order valence-corrected chi connectivity index (χ1v) is 7.00. The molecule has 0 radical (unpaired) electrons. The minimum atomic E-state index is -0.608. The van der Waals surface area contributed by atoms with Gasteiger partial charge in [-0.15, -0.1) is 0 Å². The molecule has 0 aliphatic rings. The number of aromatic nitrogens is 1. The summed E-state index contributed by atoms with van der Waals surface area (Å²) in [6, 6.07) is 10.7. The van der Waals surface area contributed by atoms with E-state index in [4.69, 9.17) is 4.74 Å². The maximum atomic E-state index is 12.5. The second kappa shape index (κ2) is 6.05. The molecule has 0 atom stereocenters. The molecule has 0 spiro atoms. The molecule has 20 heavy (non-hydrogen) atoms. The Bertz CT molecular complexity index is 692. The van der Waals surface area contributed by atoms with E-state index in [0.29, 0.717) is 10.2 Å². The highest BCUT2D eigenvalue weighted by molar-refractivity contribution is 9.10. The van der Waals surface area contributed by atoms with Crippen LogP contribution < -0.4 is 5.56 Å². The summed E-state index contributed by atoms with van der Waals surface area (Å²) in [7, 11) is 0. The van der Waals surface area contributed by atoms with Crippen LogP contribution in [0, 0.1) is 6.92 Å². The van der Waals surface area contributed by atoms with Gasteiger partial charge in [-0.1, -0.05) is 18.2 Å². The smallest absolute Gasteiger partial charge is 0.343 e. The predicted molar refractivity (Wildman–Crippen MR) is 80.4 cm³/mol. The highest BCUT2D eigenvalue weighted by atomic mass is 79.9. The summed E-state index contributed by atoms with van der Waals surface area (Å²) in [5, 5.41) is 0. The van der Waals surface area contributed by atoms with E-state index >= 15 is 0 Å². The van der Waals surface area contributed by atoms with Gasteiger partial charge in [0.25, 0.3) is 5.56 Å². The number of benzene rings is 1. The third kappa shape index (κ3) is 2.67. The van der Waals surface area contributed by atoms with E-state index in [-0.39, 0.29) is 17.7 Å². The predicted octanol–water partition coefficient (Wildman–Crippen LogP) is 3.09. The Kier molecular flexibility index (Phi) is 4.39. The van der Waals surface area contributed by atoms with Crippen LogP contribution in [0.4, 0.5) is 0 Å². The standard InChI is InChI=1S/C15H14BrNO3/c1-3-20-15(19)12-9-13(16)10(2)17(14(12)18)11-7-5-4-6-8-11/h4-9H,3H2,1-2H3. The van der Waals surface area contributed by atoms with Gasteiger partial charge in [0.15, 0.2) is 0 Å². The fourth-order valence-corrected chi connectivity index (χ4v) is 2.32. The van der Waals surface area contributed by atoms with Crippen LogP contribution >= 0.6 is 15.9 Å². The topological polar surface area (TPSA) is 48.3 Å². The van der Waals surface area contributed by atoms with Crippen molar-refractivity contribution in [2.45, 2.75) is 13.8 Å². The van der Waals surface area contributed by atoms with Crippen LogP contribution in [0.3, 0.4) is 0 Å². The minimum Gasteiger partial charge on any atom is -0.462 e. The second-order valence-corrected chi connectivity index (χ2v) is 5.04. The molecule has 1 aromatic carbocycles. The van der Waals surface area contributed by atoms with E-state index < -0.39 is 5.97 Å². The summed E-state index contributed by atoms with van der Waals surface area (Å²) in [5.74, 6) is -0.608. The molecule has 0 aliphatic heterocycles. The maximum absolute atomic E-state index is 12.5. The number of rotatable bonds is 3. The number of para-hydroxylation sites is 1. The molecule has 1 aromatic heterocycles. The molecular weight excluding hydrogens is 322 g/mol. The Morgan fingerprint density at radius 1 is 1.30 bits per heavy atom. The van der Waals surface area contributed by atoms with Crippen molar-refractivity contribution in [2.24, 2.45) is 0 Å². The highest BCUT2D eigenvalue weighted by Gasteiger charge is 2.18. The van der Waals surface area contributed by atoms with Crippen molar-refractivity contribution in [2.75, 3.05) is 6.61 Å². The Labute approximate surface area is 125 Å². The zero-order chi connectivity index (χ0) is 14.7. The number of hydrogen-bond donors (Lipinski definition) is 0. The fraction of sp³-hybridized carbons (Fsp3) is 0.200. The summed E-state index contributed by atoms with van der Waals surface area (Å²) in [6.45, 7) is 3.75. The molecule has 0 unspecified atom stereocenters. The zero-order valence-corrected chi connectivity index (χ0v) is 12.8. The Balaban J connectivity index is 2.69. The van der Waals surface area contributed by atoms with Gasteiger partial charge in [0.1, 0.15) is 5.56 Å². The lowest BCUT2D eigenvalue weighted by Crippen LogP contribution is -2.28. The van der Waals surface area contributed by atoms with Crippen LogP contribution in [0.15, 0.2) is 45.7 Å².